The summed E-state index contributed by atoms with van der Waals surface area (Å²) in [6.45, 7) is 41.9. The number of methoxy groups -OCH3 is 1. The molecule has 8 heterocycles. The molecule has 470 valence electrons. The average Bonchev–Trinajstić information content (AvgIpc) is 1.66. The first-order chi connectivity index (χ1) is 39.0. The first-order valence-electron chi connectivity index (χ1n) is 31.9. The standard InChI is InChI=1S/C65H107BrO14Si3/c1-18-83(19-2,20-3)70-32-24-27-46-33-41(4)43(6)52(72-46)38-53-50(56(69-13)54(75-53)37-49(80-82(16,17)64(10,11)12)40-71-81(14,15)63(7,8)9)36-45(67)35-47-28-29-51-57(73-47)61-60-59(76-51)58-55(77-60)39-65(78-58,79-61)31-30-48(34-42(5)66)74-62(68)44-25-22-21-23-26-44/h21-23,25-26,41,46-61H,5-6,18-20,24,27-40H2,1-4,7-17H3/t41-,46+,47-,48-,49+,50+,51+,52-,53+,54-,55-,56-,57+,58+,59+,60-,61-,65+/m1/s1. The highest BCUT2D eigenvalue weighted by Gasteiger charge is 2.69. The van der Waals surface area contributed by atoms with Gasteiger partial charge in [0.1, 0.15) is 42.4 Å². The lowest BCUT2D eigenvalue weighted by Crippen LogP contribution is -2.61. The van der Waals surface area contributed by atoms with E-state index in [1.807, 2.05) is 18.2 Å². The third kappa shape index (κ3) is 15.9. The van der Waals surface area contributed by atoms with Crippen LogP contribution in [0.2, 0.25) is 54.4 Å². The lowest BCUT2D eigenvalue weighted by atomic mass is 9.81. The zero-order chi connectivity index (χ0) is 60.5. The van der Waals surface area contributed by atoms with E-state index in [1.165, 1.54) is 0 Å². The third-order valence-electron chi connectivity index (χ3n) is 21.1. The van der Waals surface area contributed by atoms with Gasteiger partial charge >= 0.3 is 5.97 Å². The Bertz CT molecular complexity index is 2330. The van der Waals surface area contributed by atoms with Crippen LogP contribution in [0.5, 0.6) is 0 Å². The van der Waals surface area contributed by atoms with Crippen molar-refractivity contribution in [2.24, 2.45) is 11.8 Å². The number of Topliss-reactive ketones (excluding diaryl/α,β-unsaturated/α-hetero) is 1. The van der Waals surface area contributed by atoms with Crippen molar-refractivity contribution in [2.75, 3.05) is 20.3 Å². The predicted molar refractivity (Wildman–Crippen MR) is 335 cm³/mol. The molecule has 1 aromatic rings. The minimum absolute atomic E-state index is 0.0211. The van der Waals surface area contributed by atoms with Crippen molar-refractivity contribution in [1.29, 1.82) is 0 Å². The van der Waals surface area contributed by atoms with Crippen LogP contribution in [-0.4, -0.2) is 154 Å². The van der Waals surface area contributed by atoms with Crippen molar-refractivity contribution in [1.82, 2.24) is 0 Å². The van der Waals surface area contributed by atoms with Crippen LogP contribution in [0.3, 0.4) is 0 Å². The molecule has 83 heavy (non-hydrogen) atoms. The summed E-state index contributed by atoms with van der Waals surface area (Å²) in [6.07, 6.45) is 3.17. The van der Waals surface area contributed by atoms with Crippen LogP contribution >= 0.6 is 15.9 Å². The van der Waals surface area contributed by atoms with Crippen molar-refractivity contribution >= 4 is 52.6 Å². The van der Waals surface area contributed by atoms with E-state index in [4.69, 9.17) is 55.9 Å². The molecule has 8 aliphatic rings. The van der Waals surface area contributed by atoms with Crippen molar-refractivity contribution in [3.8, 4) is 0 Å². The summed E-state index contributed by atoms with van der Waals surface area (Å²) >= 11 is 3.51. The highest BCUT2D eigenvalue weighted by atomic mass is 79.9. The number of benzene rings is 1. The Morgan fingerprint density at radius 1 is 0.783 bits per heavy atom. The molecule has 8 fully saturated rings. The van der Waals surface area contributed by atoms with Crippen LogP contribution in [0, 0.1) is 11.8 Å². The summed E-state index contributed by atoms with van der Waals surface area (Å²) < 4.78 is 83.3. The maximum atomic E-state index is 15.0. The van der Waals surface area contributed by atoms with E-state index in [-0.39, 0.29) is 120 Å². The lowest BCUT2D eigenvalue weighted by molar-refractivity contribution is -0.292. The number of hydrogen-bond acceptors (Lipinski definition) is 14. The Morgan fingerprint density at radius 2 is 1.45 bits per heavy atom. The van der Waals surface area contributed by atoms with Crippen molar-refractivity contribution < 1.29 is 65.5 Å². The van der Waals surface area contributed by atoms with Gasteiger partial charge in [-0.05, 0) is 121 Å². The summed E-state index contributed by atoms with van der Waals surface area (Å²) in [4.78, 5) is 28.2. The largest absolute Gasteiger partial charge is 0.458 e. The molecular weight excluding hydrogens is 1170 g/mol. The molecule has 8 aliphatic heterocycles. The van der Waals surface area contributed by atoms with Crippen LogP contribution in [0.4, 0.5) is 0 Å². The van der Waals surface area contributed by atoms with E-state index < -0.39 is 49.1 Å². The number of carbonyl (C=O) groups excluding carboxylic acids is 2. The normalized spacial score (nSPS) is 34.4. The molecule has 0 radical (unpaired) electrons. The second-order valence-electron chi connectivity index (χ2n) is 28.8. The number of fused-ring (bicyclic) bond motifs is 1. The Kier molecular flexibility index (Phi) is 22.5. The number of hydrogen-bond donors (Lipinski definition) is 0. The molecule has 14 nitrogen and oxygen atoms in total. The van der Waals surface area contributed by atoms with Gasteiger partial charge in [-0.15, -0.1) is 0 Å². The van der Waals surface area contributed by atoms with Gasteiger partial charge in [0.25, 0.3) is 0 Å². The maximum Gasteiger partial charge on any atom is 0.338 e. The molecule has 0 saturated carbocycles. The van der Waals surface area contributed by atoms with E-state index in [0.717, 1.165) is 60.5 Å². The van der Waals surface area contributed by atoms with Gasteiger partial charge in [-0.2, -0.15) is 0 Å². The van der Waals surface area contributed by atoms with E-state index >= 15 is 0 Å². The molecule has 6 bridgehead atoms. The molecule has 0 aliphatic carbocycles. The molecule has 0 spiro atoms. The first kappa shape index (κ1) is 67.5. The fourth-order valence-corrected chi connectivity index (χ4v) is 19.2. The van der Waals surface area contributed by atoms with Gasteiger partial charge < -0.3 is 55.9 Å². The average molecular weight is 1280 g/mol. The van der Waals surface area contributed by atoms with E-state index in [2.05, 4.69) is 125 Å². The van der Waals surface area contributed by atoms with Gasteiger partial charge in [-0.1, -0.05) is 117 Å². The minimum atomic E-state index is -2.28. The van der Waals surface area contributed by atoms with Gasteiger partial charge in [-0.3, -0.25) is 4.79 Å². The van der Waals surface area contributed by atoms with E-state index in [0.29, 0.717) is 57.1 Å². The fraction of sp³-hybridized carbons (Fsp3) is 0.815. The molecule has 8 saturated heterocycles. The molecule has 0 aromatic heterocycles. The SMILES string of the molecule is C=C(Br)C[C@@H](CC[C@@]12C[C@H]3O[C@@H]4[C@@H](O[C@H]5CC[C@H](CC(=O)C[C@@H]6[C@@H](OC)[C@@H](C[C@@H](CO[Si](C)(C)C(C)(C)C)O[Si](C)(C)C(C)(C)C)O[C@H]6C[C@H]6O[C@@H](CCCO[Si](CC)(CC)CC)C[C@@H](C)C6=C)O[C@@H]5[C@H]4O1)[C@H]3O2)OC(=O)c1ccccc1. The molecule has 9 rings (SSSR count). The van der Waals surface area contributed by atoms with Crippen molar-refractivity contribution in [3.63, 3.8) is 0 Å². The minimum Gasteiger partial charge on any atom is -0.458 e. The number of rotatable bonds is 29. The molecule has 0 N–H and O–H groups in total. The Hall–Kier alpha value is -1.47. The third-order valence-corrected chi connectivity index (χ3v) is 35.1. The number of ketones is 1. The summed E-state index contributed by atoms with van der Waals surface area (Å²) in [5, 5.41) is 0.00586. The topological polar surface area (TPSA) is 145 Å². The number of ether oxygens (including phenoxy) is 9. The highest BCUT2D eigenvalue weighted by Crippen LogP contribution is 2.54. The van der Waals surface area contributed by atoms with Crippen LogP contribution in [0.1, 0.15) is 163 Å². The van der Waals surface area contributed by atoms with Crippen molar-refractivity contribution in [2.45, 2.75) is 304 Å². The Morgan fingerprint density at radius 3 is 2.10 bits per heavy atom. The van der Waals surface area contributed by atoms with Gasteiger partial charge in [-0.25, -0.2) is 4.79 Å². The van der Waals surface area contributed by atoms with Gasteiger partial charge in [0.15, 0.2) is 30.7 Å². The predicted octanol–water partition coefficient (Wildman–Crippen LogP) is 14.3. The molecule has 0 amide bonds. The fourth-order valence-electron chi connectivity index (χ4n) is 13.8. The second-order valence-corrected chi connectivity index (χ2v) is 44.2. The highest BCUT2D eigenvalue weighted by molar-refractivity contribution is 9.11. The molecule has 1 aromatic carbocycles. The van der Waals surface area contributed by atoms with Crippen LogP contribution in [0.15, 0.2) is 53.5 Å². The lowest BCUT2D eigenvalue weighted by Gasteiger charge is -2.47. The van der Waals surface area contributed by atoms with Gasteiger partial charge in [0.05, 0.1) is 67.1 Å². The summed E-state index contributed by atoms with van der Waals surface area (Å²) in [5.74, 6) is -1.25. The number of esters is 1. The summed E-state index contributed by atoms with van der Waals surface area (Å²) in [5.41, 5.74) is 1.57. The molecule has 0 unspecified atom stereocenters. The first-order valence-corrected chi connectivity index (χ1v) is 41.1. The van der Waals surface area contributed by atoms with Gasteiger partial charge in [0.2, 0.25) is 0 Å². The molecular formula is C65H107BrO14Si3. The Labute approximate surface area is 511 Å². The summed E-state index contributed by atoms with van der Waals surface area (Å²) in [7, 11) is -4.35. The van der Waals surface area contributed by atoms with Crippen molar-refractivity contribution in [3.05, 3.63) is 59.1 Å². The quantitative estimate of drug-likeness (QED) is 0.0325. The van der Waals surface area contributed by atoms with Crippen LogP contribution < -0.4 is 0 Å². The monoisotopic (exact) mass is 1270 g/mol. The van der Waals surface area contributed by atoms with Crippen LogP contribution in [-0.2, 0) is 60.7 Å². The Balaban J connectivity index is 0.982. The zero-order valence-corrected chi connectivity index (χ0v) is 58.0. The van der Waals surface area contributed by atoms with Crippen LogP contribution in [0.25, 0.3) is 0 Å². The number of carbonyl (C=O) groups is 2. The summed E-state index contributed by atoms with van der Waals surface area (Å²) in [6, 6.07) is 12.5. The van der Waals surface area contributed by atoms with E-state index in [9.17, 15) is 9.59 Å². The number of halogens is 1. The smallest absolute Gasteiger partial charge is 0.338 e. The second kappa shape index (κ2) is 27.7. The zero-order valence-electron chi connectivity index (χ0n) is 53.4. The van der Waals surface area contributed by atoms with E-state index in [1.54, 1.807) is 19.2 Å². The van der Waals surface area contributed by atoms with Gasteiger partial charge in [0, 0.05) is 64.6 Å². The molecule has 18 atom stereocenters. The molecule has 18 heteroatoms. The maximum absolute atomic E-state index is 15.0.